The van der Waals surface area contributed by atoms with Crippen LogP contribution in [0.25, 0.3) is 0 Å². The fraction of sp³-hybridized carbons (Fsp3) is 0.611. The SMILES string of the molecule is N#Cc1cncc(CNC(=O)CC(C2CCC2)C2CCC2)c1. The van der Waals surface area contributed by atoms with Crippen LogP contribution in [0.3, 0.4) is 0 Å². The van der Waals surface area contributed by atoms with Gasteiger partial charge in [-0.05, 0) is 29.4 Å². The van der Waals surface area contributed by atoms with Gasteiger partial charge < -0.3 is 5.32 Å². The highest BCUT2D eigenvalue weighted by molar-refractivity contribution is 5.76. The van der Waals surface area contributed by atoms with Gasteiger partial charge in [-0.15, -0.1) is 0 Å². The van der Waals surface area contributed by atoms with Crippen LogP contribution in [-0.4, -0.2) is 10.9 Å². The fourth-order valence-electron chi connectivity index (χ4n) is 3.59. The van der Waals surface area contributed by atoms with E-state index < -0.39 is 0 Å². The van der Waals surface area contributed by atoms with Gasteiger partial charge >= 0.3 is 0 Å². The Morgan fingerprint density at radius 2 is 1.95 bits per heavy atom. The molecule has 4 heteroatoms. The molecule has 3 rings (SSSR count). The molecule has 2 fully saturated rings. The van der Waals surface area contributed by atoms with Crippen LogP contribution in [0.1, 0.15) is 56.1 Å². The van der Waals surface area contributed by atoms with Crippen LogP contribution in [0.2, 0.25) is 0 Å². The molecule has 0 radical (unpaired) electrons. The highest BCUT2D eigenvalue weighted by atomic mass is 16.1. The molecular weight excluding hydrogens is 274 g/mol. The quantitative estimate of drug-likeness (QED) is 0.877. The van der Waals surface area contributed by atoms with Crippen molar-refractivity contribution in [1.82, 2.24) is 10.3 Å². The minimum Gasteiger partial charge on any atom is -0.352 e. The number of carbonyl (C=O) groups is 1. The molecule has 0 atom stereocenters. The first kappa shape index (κ1) is 15.0. The van der Waals surface area contributed by atoms with Gasteiger partial charge in [-0.3, -0.25) is 9.78 Å². The van der Waals surface area contributed by atoms with Gasteiger partial charge in [-0.1, -0.05) is 38.5 Å². The Morgan fingerprint density at radius 3 is 2.50 bits per heavy atom. The van der Waals surface area contributed by atoms with Crippen LogP contribution < -0.4 is 5.32 Å². The lowest BCUT2D eigenvalue weighted by Gasteiger charge is -2.42. The van der Waals surface area contributed by atoms with Crippen LogP contribution in [0, 0.1) is 29.1 Å². The molecule has 0 bridgehead atoms. The van der Waals surface area contributed by atoms with Crippen molar-refractivity contribution in [1.29, 1.82) is 5.26 Å². The summed E-state index contributed by atoms with van der Waals surface area (Å²) in [6.07, 6.45) is 11.8. The van der Waals surface area contributed by atoms with E-state index in [0.29, 0.717) is 24.4 Å². The molecule has 22 heavy (non-hydrogen) atoms. The number of nitriles is 1. The van der Waals surface area contributed by atoms with Crippen molar-refractivity contribution in [2.45, 2.75) is 51.5 Å². The molecule has 1 heterocycles. The molecule has 2 saturated carbocycles. The number of nitrogens with zero attached hydrogens (tertiary/aromatic N) is 2. The highest BCUT2D eigenvalue weighted by Gasteiger charge is 2.36. The number of nitrogens with one attached hydrogen (secondary N) is 1. The number of hydrogen-bond acceptors (Lipinski definition) is 3. The van der Waals surface area contributed by atoms with Gasteiger partial charge in [-0.2, -0.15) is 5.26 Å². The molecule has 0 aliphatic heterocycles. The molecule has 2 aliphatic carbocycles. The zero-order chi connectivity index (χ0) is 15.4. The minimum atomic E-state index is 0.145. The number of rotatable bonds is 6. The van der Waals surface area contributed by atoms with E-state index in [0.717, 1.165) is 17.4 Å². The topological polar surface area (TPSA) is 65.8 Å². The lowest BCUT2D eigenvalue weighted by Crippen LogP contribution is -2.36. The predicted molar refractivity (Wildman–Crippen MR) is 83.6 cm³/mol. The summed E-state index contributed by atoms with van der Waals surface area (Å²) in [6.45, 7) is 0.462. The van der Waals surface area contributed by atoms with E-state index >= 15 is 0 Å². The van der Waals surface area contributed by atoms with E-state index in [2.05, 4.69) is 16.4 Å². The second kappa shape index (κ2) is 6.91. The Morgan fingerprint density at radius 1 is 1.27 bits per heavy atom. The van der Waals surface area contributed by atoms with Crippen molar-refractivity contribution in [2.75, 3.05) is 0 Å². The maximum atomic E-state index is 12.3. The molecule has 116 valence electrons. The third-order valence-corrected chi connectivity index (χ3v) is 5.35. The van der Waals surface area contributed by atoms with Crippen molar-refractivity contribution in [3.63, 3.8) is 0 Å². The smallest absolute Gasteiger partial charge is 0.220 e. The third-order valence-electron chi connectivity index (χ3n) is 5.35. The first-order chi connectivity index (χ1) is 10.8. The number of aromatic nitrogens is 1. The largest absolute Gasteiger partial charge is 0.352 e. The van der Waals surface area contributed by atoms with Crippen LogP contribution >= 0.6 is 0 Å². The minimum absolute atomic E-state index is 0.145. The van der Waals surface area contributed by atoms with Gasteiger partial charge in [0.1, 0.15) is 6.07 Å². The number of pyridine rings is 1. The molecule has 0 saturated heterocycles. The van der Waals surface area contributed by atoms with Crippen LogP contribution in [0.15, 0.2) is 18.5 Å². The second-order valence-corrected chi connectivity index (χ2v) is 6.72. The lowest BCUT2D eigenvalue weighted by molar-refractivity contribution is -0.124. The maximum absolute atomic E-state index is 12.3. The first-order valence-electron chi connectivity index (χ1n) is 8.37. The van der Waals surface area contributed by atoms with E-state index in [1.807, 2.05) is 0 Å². The molecule has 4 nitrogen and oxygen atoms in total. The van der Waals surface area contributed by atoms with Crippen LogP contribution in [0.4, 0.5) is 0 Å². The maximum Gasteiger partial charge on any atom is 0.220 e. The van der Waals surface area contributed by atoms with E-state index in [9.17, 15) is 4.79 Å². The Balaban J connectivity index is 1.51. The summed E-state index contributed by atoms with van der Waals surface area (Å²) >= 11 is 0. The molecule has 2 aliphatic rings. The Hall–Kier alpha value is -1.89. The van der Waals surface area contributed by atoms with Gasteiger partial charge in [0.2, 0.25) is 5.91 Å². The standard InChI is InChI=1S/C18H23N3O/c19-9-13-7-14(11-20-10-13)12-21-18(22)8-17(15-3-1-4-15)16-5-2-6-16/h7,10-11,15-17H,1-6,8,12H2,(H,21,22). The summed E-state index contributed by atoms with van der Waals surface area (Å²) in [5.41, 5.74) is 1.42. The van der Waals surface area contributed by atoms with Crippen molar-refractivity contribution in [2.24, 2.45) is 17.8 Å². The van der Waals surface area contributed by atoms with Crippen LogP contribution in [-0.2, 0) is 11.3 Å². The second-order valence-electron chi connectivity index (χ2n) is 6.72. The summed E-state index contributed by atoms with van der Waals surface area (Å²) in [4.78, 5) is 16.3. The molecule has 1 amide bonds. The summed E-state index contributed by atoms with van der Waals surface area (Å²) in [6, 6.07) is 3.85. The summed E-state index contributed by atoms with van der Waals surface area (Å²) < 4.78 is 0. The average molecular weight is 297 g/mol. The van der Waals surface area contributed by atoms with Gasteiger partial charge in [0.15, 0.2) is 0 Å². The van der Waals surface area contributed by atoms with Crippen molar-refractivity contribution >= 4 is 5.91 Å². The van der Waals surface area contributed by atoms with Crippen molar-refractivity contribution in [3.8, 4) is 6.07 Å². The van der Waals surface area contributed by atoms with E-state index in [1.165, 1.54) is 44.7 Å². The monoisotopic (exact) mass is 297 g/mol. The molecule has 1 aromatic heterocycles. The first-order valence-corrected chi connectivity index (χ1v) is 8.37. The Kier molecular flexibility index (Phi) is 4.72. The zero-order valence-electron chi connectivity index (χ0n) is 12.9. The molecule has 0 spiro atoms. The van der Waals surface area contributed by atoms with Gasteiger partial charge in [0.25, 0.3) is 0 Å². The number of carbonyl (C=O) groups excluding carboxylic acids is 1. The molecule has 0 aromatic carbocycles. The Bertz CT molecular complexity index is 556. The Labute approximate surface area is 131 Å². The van der Waals surface area contributed by atoms with Crippen LogP contribution in [0.5, 0.6) is 0 Å². The fourth-order valence-corrected chi connectivity index (χ4v) is 3.59. The predicted octanol–water partition coefficient (Wildman–Crippen LogP) is 3.18. The normalized spacial score (nSPS) is 18.4. The third kappa shape index (κ3) is 3.47. The van der Waals surface area contributed by atoms with Crippen molar-refractivity contribution < 1.29 is 4.79 Å². The van der Waals surface area contributed by atoms with E-state index in [4.69, 9.17) is 5.26 Å². The van der Waals surface area contributed by atoms with E-state index in [1.54, 1.807) is 12.3 Å². The van der Waals surface area contributed by atoms with E-state index in [-0.39, 0.29) is 5.91 Å². The highest BCUT2D eigenvalue weighted by Crippen LogP contribution is 2.45. The molecule has 1 aromatic rings. The van der Waals surface area contributed by atoms with Gasteiger partial charge in [-0.25, -0.2) is 0 Å². The summed E-state index contributed by atoms with van der Waals surface area (Å²) in [5, 5.41) is 11.9. The number of amides is 1. The lowest BCUT2D eigenvalue weighted by atomic mass is 9.63. The number of hydrogen-bond donors (Lipinski definition) is 1. The molecule has 1 N–H and O–H groups in total. The average Bonchev–Trinajstić information content (AvgIpc) is 2.41. The van der Waals surface area contributed by atoms with Crippen molar-refractivity contribution in [3.05, 3.63) is 29.6 Å². The zero-order valence-corrected chi connectivity index (χ0v) is 12.9. The van der Waals surface area contributed by atoms with Gasteiger partial charge in [0.05, 0.1) is 5.56 Å². The molecular formula is C18H23N3O. The van der Waals surface area contributed by atoms with Gasteiger partial charge in [0, 0.05) is 25.4 Å². The summed E-state index contributed by atoms with van der Waals surface area (Å²) in [5.74, 6) is 2.29. The summed E-state index contributed by atoms with van der Waals surface area (Å²) in [7, 11) is 0. The molecule has 0 unspecified atom stereocenters.